The summed E-state index contributed by atoms with van der Waals surface area (Å²) in [4.78, 5) is 2.51. The largest absolute Gasteiger partial charge is 0.312 e. The second kappa shape index (κ2) is 8.55. The van der Waals surface area contributed by atoms with Crippen LogP contribution >= 0.6 is 0 Å². The molecule has 1 aromatic rings. The first kappa shape index (κ1) is 16.5. The van der Waals surface area contributed by atoms with Gasteiger partial charge in [-0.3, -0.25) is 0 Å². The molecule has 1 aliphatic carbocycles. The summed E-state index contributed by atoms with van der Waals surface area (Å²) in [6, 6.07) is 8.89. The van der Waals surface area contributed by atoms with Gasteiger partial charge in [0.25, 0.3) is 0 Å². The molecule has 21 heavy (non-hydrogen) atoms. The monoisotopic (exact) mass is 288 g/mol. The molecule has 0 amide bonds. The minimum absolute atomic E-state index is 0.710. The van der Waals surface area contributed by atoms with Crippen LogP contribution in [0.25, 0.3) is 0 Å². The molecule has 0 unspecified atom stereocenters. The van der Waals surface area contributed by atoms with Gasteiger partial charge in [-0.25, -0.2) is 0 Å². The number of nitrogens with zero attached hydrogens (tertiary/aromatic N) is 1. The van der Waals surface area contributed by atoms with E-state index in [4.69, 9.17) is 0 Å². The molecule has 1 aromatic carbocycles. The maximum atomic E-state index is 3.57. The zero-order chi connectivity index (χ0) is 15.1. The van der Waals surface area contributed by atoms with Crippen LogP contribution in [0, 0.1) is 11.8 Å². The predicted molar refractivity (Wildman–Crippen MR) is 91.3 cm³/mol. The minimum atomic E-state index is 0.710. The molecular formula is C19H32N2. The van der Waals surface area contributed by atoms with Gasteiger partial charge < -0.3 is 10.2 Å². The molecule has 2 nitrogen and oxygen atoms in total. The van der Waals surface area contributed by atoms with Crippen molar-refractivity contribution in [2.24, 2.45) is 11.8 Å². The number of benzene rings is 1. The molecule has 0 heterocycles. The summed E-state index contributed by atoms with van der Waals surface area (Å²) in [5.41, 5.74) is 2.94. The second-order valence-corrected chi connectivity index (χ2v) is 7.14. The fourth-order valence-corrected chi connectivity index (χ4v) is 3.37. The normalized spacial score (nSPS) is 16.2. The molecule has 0 aromatic heterocycles. The van der Waals surface area contributed by atoms with E-state index in [1.807, 2.05) is 0 Å². The molecule has 1 saturated carbocycles. The molecule has 1 aliphatic rings. The Hall–Kier alpha value is -0.860. The van der Waals surface area contributed by atoms with Gasteiger partial charge in [0, 0.05) is 19.6 Å². The molecule has 0 aliphatic heterocycles. The quantitative estimate of drug-likeness (QED) is 0.776. The van der Waals surface area contributed by atoms with Crippen LogP contribution in [-0.2, 0) is 13.1 Å². The van der Waals surface area contributed by atoms with Crippen molar-refractivity contribution in [3.8, 4) is 0 Å². The van der Waals surface area contributed by atoms with E-state index in [9.17, 15) is 0 Å². The average Bonchev–Trinajstić information content (AvgIpc) is 2.93. The predicted octanol–water partition coefficient (Wildman–Crippen LogP) is 4.05. The van der Waals surface area contributed by atoms with E-state index >= 15 is 0 Å². The Morgan fingerprint density at radius 1 is 1.14 bits per heavy atom. The first-order valence-corrected chi connectivity index (χ1v) is 8.61. The summed E-state index contributed by atoms with van der Waals surface area (Å²) < 4.78 is 0. The fraction of sp³-hybridized carbons (Fsp3) is 0.684. The summed E-state index contributed by atoms with van der Waals surface area (Å²) >= 11 is 0. The summed E-state index contributed by atoms with van der Waals surface area (Å²) in [5, 5.41) is 3.57. The maximum Gasteiger partial charge on any atom is 0.0234 e. The Morgan fingerprint density at radius 2 is 1.81 bits per heavy atom. The van der Waals surface area contributed by atoms with Gasteiger partial charge in [0.2, 0.25) is 0 Å². The van der Waals surface area contributed by atoms with E-state index < -0.39 is 0 Å². The third kappa shape index (κ3) is 5.80. The van der Waals surface area contributed by atoms with Gasteiger partial charge in [-0.2, -0.15) is 0 Å². The Labute approximate surface area is 130 Å². The van der Waals surface area contributed by atoms with E-state index in [1.54, 1.807) is 0 Å². The van der Waals surface area contributed by atoms with E-state index in [0.29, 0.717) is 5.92 Å². The van der Waals surface area contributed by atoms with Crippen molar-refractivity contribution in [2.75, 3.05) is 20.1 Å². The van der Waals surface area contributed by atoms with Crippen LogP contribution in [-0.4, -0.2) is 25.0 Å². The Kier molecular flexibility index (Phi) is 6.72. The molecule has 0 bridgehead atoms. The van der Waals surface area contributed by atoms with Crippen molar-refractivity contribution in [1.29, 1.82) is 0 Å². The van der Waals surface area contributed by atoms with Gasteiger partial charge in [-0.05, 0) is 49.4 Å². The van der Waals surface area contributed by atoms with Crippen molar-refractivity contribution in [3.63, 3.8) is 0 Å². The first-order chi connectivity index (χ1) is 10.1. The van der Waals surface area contributed by atoms with Gasteiger partial charge in [-0.1, -0.05) is 51.0 Å². The van der Waals surface area contributed by atoms with Crippen LogP contribution in [0.15, 0.2) is 24.3 Å². The molecule has 0 atom stereocenters. The zero-order valence-electron chi connectivity index (χ0n) is 14.1. The van der Waals surface area contributed by atoms with E-state index in [0.717, 1.165) is 25.6 Å². The smallest absolute Gasteiger partial charge is 0.0234 e. The number of nitrogens with one attached hydrogen (secondary N) is 1. The third-order valence-corrected chi connectivity index (χ3v) is 4.47. The average molecular weight is 288 g/mol. The SMILES string of the molecule is CC(C)CNCc1ccccc1CN(C)CC1CCCC1. The van der Waals surface area contributed by atoms with Gasteiger partial charge in [0.05, 0.1) is 0 Å². The number of hydrogen-bond donors (Lipinski definition) is 1. The van der Waals surface area contributed by atoms with E-state index in [1.165, 1.54) is 43.4 Å². The molecule has 0 radical (unpaired) electrons. The van der Waals surface area contributed by atoms with Crippen LogP contribution in [0.4, 0.5) is 0 Å². The minimum Gasteiger partial charge on any atom is -0.312 e. The van der Waals surface area contributed by atoms with Crippen LogP contribution in [0.1, 0.15) is 50.7 Å². The van der Waals surface area contributed by atoms with Crippen LogP contribution in [0.5, 0.6) is 0 Å². The molecule has 0 saturated heterocycles. The van der Waals surface area contributed by atoms with Crippen LogP contribution in [0.3, 0.4) is 0 Å². The molecule has 2 rings (SSSR count). The lowest BCUT2D eigenvalue weighted by atomic mass is 10.0. The van der Waals surface area contributed by atoms with Gasteiger partial charge in [-0.15, -0.1) is 0 Å². The van der Waals surface area contributed by atoms with Gasteiger partial charge in [0.15, 0.2) is 0 Å². The van der Waals surface area contributed by atoms with Gasteiger partial charge in [0.1, 0.15) is 0 Å². The van der Waals surface area contributed by atoms with Crippen molar-refractivity contribution in [1.82, 2.24) is 10.2 Å². The second-order valence-electron chi connectivity index (χ2n) is 7.14. The van der Waals surface area contributed by atoms with Crippen LogP contribution < -0.4 is 5.32 Å². The Morgan fingerprint density at radius 3 is 2.48 bits per heavy atom. The maximum absolute atomic E-state index is 3.57. The zero-order valence-corrected chi connectivity index (χ0v) is 14.1. The Balaban J connectivity index is 1.86. The van der Waals surface area contributed by atoms with Crippen molar-refractivity contribution in [2.45, 2.75) is 52.6 Å². The summed E-state index contributed by atoms with van der Waals surface area (Å²) in [5.74, 6) is 1.64. The molecule has 2 heteroatoms. The van der Waals surface area contributed by atoms with Crippen molar-refractivity contribution >= 4 is 0 Å². The third-order valence-electron chi connectivity index (χ3n) is 4.47. The molecule has 0 spiro atoms. The highest BCUT2D eigenvalue weighted by Crippen LogP contribution is 2.25. The summed E-state index contributed by atoms with van der Waals surface area (Å²) in [7, 11) is 2.27. The van der Waals surface area contributed by atoms with E-state index in [-0.39, 0.29) is 0 Å². The Bertz CT molecular complexity index is 408. The first-order valence-electron chi connectivity index (χ1n) is 8.61. The lowest BCUT2D eigenvalue weighted by Crippen LogP contribution is -2.25. The van der Waals surface area contributed by atoms with Crippen LogP contribution in [0.2, 0.25) is 0 Å². The number of rotatable bonds is 8. The van der Waals surface area contributed by atoms with Crippen molar-refractivity contribution in [3.05, 3.63) is 35.4 Å². The van der Waals surface area contributed by atoms with E-state index in [2.05, 4.69) is 55.4 Å². The molecular weight excluding hydrogens is 256 g/mol. The molecule has 1 fully saturated rings. The highest BCUT2D eigenvalue weighted by Gasteiger charge is 2.17. The highest BCUT2D eigenvalue weighted by atomic mass is 15.1. The topological polar surface area (TPSA) is 15.3 Å². The van der Waals surface area contributed by atoms with Gasteiger partial charge >= 0.3 is 0 Å². The van der Waals surface area contributed by atoms with Crippen molar-refractivity contribution < 1.29 is 0 Å². The summed E-state index contributed by atoms with van der Waals surface area (Å²) in [6.45, 7) is 8.93. The lowest BCUT2D eigenvalue weighted by molar-refractivity contribution is 0.270. The molecule has 118 valence electrons. The molecule has 1 N–H and O–H groups in total. The summed E-state index contributed by atoms with van der Waals surface area (Å²) in [6.07, 6.45) is 5.74. The highest BCUT2D eigenvalue weighted by molar-refractivity contribution is 5.27. The standard InChI is InChI=1S/C19H32N2/c1-16(2)12-20-13-18-10-6-7-11-19(18)15-21(3)14-17-8-4-5-9-17/h6-7,10-11,16-17,20H,4-5,8-9,12-15H2,1-3H3. The lowest BCUT2D eigenvalue weighted by Gasteiger charge is -2.22. The number of hydrogen-bond acceptors (Lipinski definition) is 2. The fourth-order valence-electron chi connectivity index (χ4n) is 3.37.